The van der Waals surface area contributed by atoms with Crippen LogP contribution in [0.4, 0.5) is 0 Å². The zero-order chi connectivity index (χ0) is 36.9. The maximum absolute atomic E-state index is 13.1. The Bertz CT molecular complexity index is 1210. The van der Waals surface area contributed by atoms with Gasteiger partial charge in [0.05, 0.1) is 31.2 Å². The normalized spacial score (nSPS) is 13.3. The number of carbonyl (C=O) groups is 4. The molecule has 0 spiro atoms. The Balaban J connectivity index is 2.44. The first-order chi connectivity index (χ1) is 23.1. The Labute approximate surface area is 307 Å². The van der Waals surface area contributed by atoms with Crippen LogP contribution < -0.4 is 0 Å². The smallest absolute Gasteiger partial charge is 0.334 e. The van der Waals surface area contributed by atoms with Crippen LogP contribution in [0.15, 0.2) is 35.9 Å². The highest BCUT2D eigenvalue weighted by Crippen LogP contribution is 2.30. The predicted octanol–water partition coefficient (Wildman–Crippen LogP) is 8.22. The molecule has 12 heteroatoms. The standard InChI is InChI=1S/C37H56O9S3/c1-27(24-30(49-35(47)48-8)33(40)46-36(2,3)4)31(38)43-20-16-11-9-10-12-17-21-44-32(39)29(25-28-18-14-13-15-19-28)26-37(5,6)34(41)45-23-22-42-7/h13-15,18-19,25,27,30H,9-12,16-17,20-24,26H2,1-8H3/b29-25+. The summed E-state index contributed by atoms with van der Waals surface area (Å²) in [5, 5.41) is -0.575. The van der Waals surface area contributed by atoms with Gasteiger partial charge in [-0.3, -0.25) is 14.4 Å². The molecule has 1 rings (SSSR count). The van der Waals surface area contributed by atoms with E-state index in [4.69, 9.17) is 35.9 Å². The van der Waals surface area contributed by atoms with E-state index >= 15 is 0 Å². The van der Waals surface area contributed by atoms with Gasteiger partial charge >= 0.3 is 23.9 Å². The van der Waals surface area contributed by atoms with Gasteiger partial charge in [0, 0.05) is 12.7 Å². The largest absolute Gasteiger partial charge is 0.465 e. The molecular formula is C37H56O9S3. The number of benzene rings is 1. The maximum Gasteiger partial charge on any atom is 0.334 e. The minimum Gasteiger partial charge on any atom is -0.465 e. The van der Waals surface area contributed by atoms with Gasteiger partial charge in [-0.1, -0.05) is 86.9 Å². The van der Waals surface area contributed by atoms with Gasteiger partial charge in [0.1, 0.15) is 21.0 Å². The number of rotatable bonds is 22. The van der Waals surface area contributed by atoms with Crippen LogP contribution >= 0.6 is 35.7 Å². The molecule has 0 heterocycles. The van der Waals surface area contributed by atoms with Gasteiger partial charge in [0.15, 0.2) is 0 Å². The molecule has 0 N–H and O–H groups in total. The molecule has 2 unspecified atom stereocenters. The molecule has 1 aromatic carbocycles. The first-order valence-corrected chi connectivity index (χ1v) is 19.3. The van der Waals surface area contributed by atoms with Crippen molar-refractivity contribution < 1.29 is 42.9 Å². The van der Waals surface area contributed by atoms with Crippen LogP contribution in [-0.4, -0.2) is 78.0 Å². The topological polar surface area (TPSA) is 114 Å². The summed E-state index contributed by atoms with van der Waals surface area (Å²) in [6.07, 6.45) is 9.24. The van der Waals surface area contributed by atoms with Crippen molar-refractivity contribution in [3.05, 3.63) is 41.5 Å². The number of hydrogen-bond donors (Lipinski definition) is 0. The predicted molar refractivity (Wildman–Crippen MR) is 202 cm³/mol. The molecule has 0 fully saturated rings. The molecule has 0 saturated heterocycles. The van der Waals surface area contributed by atoms with Gasteiger partial charge in [0.2, 0.25) is 0 Å². The van der Waals surface area contributed by atoms with E-state index in [1.807, 2.05) is 57.4 Å². The van der Waals surface area contributed by atoms with E-state index in [2.05, 4.69) is 0 Å². The zero-order valence-electron chi connectivity index (χ0n) is 30.5. The molecule has 49 heavy (non-hydrogen) atoms. The fourth-order valence-electron chi connectivity index (χ4n) is 4.52. The van der Waals surface area contributed by atoms with Crippen molar-refractivity contribution in [2.45, 2.75) is 104 Å². The highest BCUT2D eigenvalue weighted by molar-refractivity contribution is 8.47. The molecule has 2 atom stereocenters. The van der Waals surface area contributed by atoms with Crippen LogP contribution in [0.2, 0.25) is 0 Å². The number of methoxy groups -OCH3 is 1. The highest BCUT2D eigenvalue weighted by Gasteiger charge is 2.33. The van der Waals surface area contributed by atoms with E-state index in [-0.39, 0.29) is 38.0 Å². The molecule has 9 nitrogen and oxygen atoms in total. The second-order valence-electron chi connectivity index (χ2n) is 13.4. The van der Waals surface area contributed by atoms with Crippen LogP contribution in [0.3, 0.4) is 0 Å². The Morgan fingerprint density at radius 3 is 1.98 bits per heavy atom. The quantitative estimate of drug-likeness (QED) is 0.0375. The number of thioether (sulfide) groups is 2. The van der Waals surface area contributed by atoms with Crippen molar-refractivity contribution in [3.8, 4) is 0 Å². The Morgan fingerprint density at radius 2 is 1.41 bits per heavy atom. The number of thiocarbonyl (C=S) groups is 1. The van der Waals surface area contributed by atoms with E-state index in [0.29, 0.717) is 22.3 Å². The average Bonchev–Trinajstić information content (AvgIpc) is 3.04. The molecule has 276 valence electrons. The summed E-state index contributed by atoms with van der Waals surface area (Å²) in [7, 11) is 1.54. The lowest BCUT2D eigenvalue weighted by Gasteiger charge is -2.24. The molecule has 0 bridgehead atoms. The third kappa shape index (κ3) is 20.1. The number of ether oxygens (including phenoxy) is 5. The van der Waals surface area contributed by atoms with Crippen LogP contribution in [0.1, 0.15) is 98.5 Å². The molecule has 0 aliphatic rings. The lowest BCUT2D eigenvalue weighted by atomic mass is 9.85. The third-order valence-electron chi connectivity index (χ3n) is 7.17. The van der Waals surface area contributed by atoms with Crippen molar-refractivity contribution in [1.82, 2.24) is 0 Å². The Hall–Kier alpha value is -2.41. The molecule has 0 saturated carbocycles. The maximum atomic E-state index is 13.1. The summed E-state index contributed by atoms with van der Waals surface area (Å²) < 4.78 is 27.5. The highest BCUT2D eigenvalue weighted by atomic mass is 32.2. The molecule has 0 aromatic heterocycles. The lowest BCUT2D eigenvalue weighted by Crippen LogP contribution is -2.33. The summed E-state index contributed by atoms with van der Waals surface area (Å²) >= 11 is 7.94. The lowest BCUT2D eigenvalue weighted by molar-refractivity contribution is -0.156. The number of esters is 4. The van der Waals surface area contributed by atoms with E-state index in [1.54, 1.807) is 26.8 Å². The molecule has 0 aliphatic carbocycles. The molecular weight excluding hydrogens is 685 g/mol. The van der Waals surface area contributed by atoms with Gasteiger partial charge < -0.3 is 23.7 Å². The summed E-state index contributed by atoms with van der Waals surface area (Å²) in [5.41, 5.74) is -0.304. The number of carbonyl (C=O) groups excluding carboxylic acids is 4. The van der Waals surface area contributed by atoms with Crippen LogP contribution in [0.25, 0.3) is 6.08 Å². The number of hydrogen-bond acceptors (Lipinski definition) is 12. The minimum atomic E-state index is -0.927. The number of unbranched alkanes of at least 4 members (excludes halogenated alkanes) is 5. The van der Waals surface area contributed by atoms with Crippen LogP contribution in [0, 0.1) is 11.3 Å². The zero-order valence-corrected chi connectivity index (χ0v) is 33.0. The van der Waals surface area contributed by atoms with E-state index in [0.717, 1.165) is 44.1 Å². The fourth-order valence-corrected chi connectivity index (χ4v) is 6.36. The summed E-state index contributed by atoms with van der Waals surface area (Å²) in [5.74, 6) is -2.04. The van der Waals surface area contributed by atoms with Gasteiger partial charge in [0.25, 0.3) is 0 Å². The van der Waals surface area contributed by atoms with E-state index in [9.17, 15) is 19.2 Å². The summed E-state index contributed by atoms with van der Waals surface area (Å²) in [6.45, 7) is 11.7. The van der Waals surface area contributed by atoms with Crippen molar-refractivity contribution in [1.29, 1.82) is 0 Å². The van der Waals surface area contributed by atoms with E-state index < -0.39 is 34.1 Å². The molecule has 1 aromatic rings. The first kappa shape index (κ1) is 44.6. The molecule has 0 radical (unpaired) electrons. The third-order valence-corrected chi connectivity index (χ3v) is 9.94. The van der Waals surface area contributed by atoms with Crippen molar-refractivity contribution >= 4 is 69.2 Å². The van der Waals surface area contributed by atoms with Gasteiger partial charge in [-0.25, -0.2) is 4.79 Å². The summed E-state index contributed by atoms with van der Waals surface area (Å²) in [4.78, 5) is 51.1. The fraction of sp³-hybridized carbons (Fsp3) is 0.649. The van der Waals surface area contributed by atoms with Crippen molar-refractivity contribution in [2.75, 3.05) is 39.8 Å². The van der Waals surface area contributed by atoms with Gasteiger partial charge in [-0.05, 0) is 78.2 Å². The summed E-state index contributed by atoms with van der Waals surface area (Å²) in [6, 6.07) is 9.46. The van der Waals surface area contributed by atoms with E-state index in [1.165, 1.54) is 30.6 Å². The molecule has 0 amide bonds. The second kappa shape index (κ2) is 23.9. The molecule has 0 aliphatic heterocycles. The van der Waals surface area contributed by atoms with Gasteiger partial charge in [-0.15, -0.1) is 11.8 Å². The Kier molecular flexibility index (Phi) is 21.8. The van der Waals surface area contributed by atoms with Gasteiger partial charge in [-0.2, -0.15) is 0 Å². The SMILES string of the molecule is COCCOC(=O)C(C)(C)C/C(=C\c1ccccc1)C(=O)OCCCCCCCCOC(=O)C(C)CC(SC(=S)SC)C(=O)OC(C)(C)C. The Morgan fingerprint density at radius 1 is 0.816 bits per heavy atom. The average molecular weight is 741 g/mol. The van der Waals surface area contributed by atoms with Crippen molar-refractivity contribution in [2.24, 2.45) is 11.3 Å². The monoisotopic (exact) mass is 740 g/mol. The van der Waals surface area contributed by atoms with Crippen LogP contribution in [0.5, 0.6) is 0 Å². The first-order valence-electron chi connectivity index (χ1n) is 16.8. The minimum absolute atomic E-state index is 0.150. The van der Waals surface area contributed by atoms with Crippen LogP contribution in [-0.2, 0) is 42.9 Å². The van der Waals surface area contributed by atoms with Crippen molar-refractivity contribution in [3.63, 3.8) is 0 Å². The second-order valence-corrected chi connectivity index (χ2v) is 16.6.